The van der Waals surface area contributed by atoms with E-state index in [9.17, 15) is 0 Å². The highest BCUT2D eigenvalue weighted by atomic mass is 79.9. The van der Waals surface area contributed by atoms with Gasteiger partial charge in [-0.2, -0.15) is 0 Å². The number of nitrogens with one attached hydrogen (secondary N) is 1. The normalized spacial score (nSPS) is 19.4. The lowest BCUT2D eigenvalue weighted by molar-refractivity contribution is 0.540. The van der Waals surface area contributed by atoms with Gasteiger partial charge >= 0.3 is 0 Å². The van der Waals surface area contributed by atoms with Gasteiger partial charge in [0, 0.05) is 30.9 Å². The fourth-order valence-corrected chi connectivity index (χ4v) is 5.49. The fourth-order valence-electron chi connectivity index (χ4n) is 2.53. The van der Waals surface area contributed by atoms with Crippen LogP contribution >= 0.6 is 39.0 Å². The summed E-state index contributed by atoms with van der Waals surface area (Å²) in [6, 6.07) is 11.6. The van der Waals surface area contributed by atoms with E-state index in [-0.39, 0.29) is 0 Å². The van der Waals surface area contributed by atoms with Crippen LogP contribution in [0.3, 0.4) is 0 Å². The first-order valence-electron chi connectivity index (χ1n) is 6.41. The third kappa shape index (κ3) is 3.07. The number of hydrogen-bond donors (Lipinski definition) is 1. The molecule has 1 aromatic carbocycles. The Kier molecular flexibility index (Phi) is 4.32. The number of thiophene rings is 1. The monoisotopic (exact) mass is 353 g/mol. The van der Waals surface area contributed by atoms with Crippen molar-refractivity contribution in [2.45, 2.75) is 29.0 Å². The topological polar surface area (TPSA) is 12.0 Å². The van der Waals surface area contributed by atoms with Crippen LogP contribution in [0.4, 0.5) is 0 Å². The SMILES string of the molecule is CNC(Cc1cc(Br)cs1)C1Cc2ccccc2S1. The van der Waals surface area contributed by atoms with Gasteiger partial charge in [0.15, 0.2) is 0 Å². The van der Waals surface area contributed by atoms with E-state index >= 15 is 0 Å². The summed E-state index contributed by atoms with van der Waals surface area (Å²) in [5.74, 6) is 0. The molecule has 2 unspecified atom stereocenters. The Morgan fingerprint density at radius 1 is 1.42 bits per heavy atom. The van der Waals surface area contributed by atoms with Crippen LogP contribution in [-0.4, -0.2) is 18.3 Å². The summed E-state index contributed by atoms with van der Waals surface area (Å²) in [6.07, 6.45) is 2.29. The van der Waals surface area contributed by atoms with Gasteiger partial charge in [-0.3, -0.25) is 0 Å². The average molecular weight is 354 g/mol. The first kappa shape index (κ1) is 13.7. The van der Waals surface area contributed by atoms with Gasteiger partial charge in [0.25, 0.3) is 0 Å². The highest BCUT2D eigenvalue weighted by molar-refractivity contribution is 9.10. The zero-order valence-corrected chi connectivity index (χ0v) is 13.9. The van der Waals surface area contributed by atoms with Crippen molar-refractivity contribution < 1.29 is 0 Å². The van der Waals surface area contributed by atoms with Crippen molar-refractivity contribution in [3.8, 4) is 0 Å². The van der Waals surface area contributed by atoms with Crippen LogP contribution < -0.4 is 5.32 Å². The highest BCUT2D eigenvalue weighted by Crippen LogP contribution is 2.39. The van der Waals surface area contributed by atoms with E-state index in [1.54, 1.807) is 0 Å². The number of likely N-dealkylation sites (N-methyl/N-ethyl adjacent to an activating group) is 1. The Labute approximate surface area is 130 Å². The van der Waals surface area contributed by atoms with E-state index in [0.29, 0.717) is 11.3 Å². The summed E-state index contributed by atoms with van der Waals surface area (Å²) >= 11 is 7.40. The van der Waals surface area contributed by atoms with Gasteiger partial charge in [-0.1, -0.05) is 18.2 Å². The summed E-state index contributed by atoms with van der Waals surface area (Å²) in [4.78, 5) is 2.91. The summed E-state index contributed by atoms with van der Waals surface area (Å²) in [5, 5.41) is 6.31. The molecule has 4 heteroatoms. The molecule has 1 aliphatic rings. The smallest absolute Gasteiger partial charge is 0.0292 e. The maximum Gasteiger partial charge on any atom is 0.0292 e. The van der Waals surface area contributed by atoms with Gasteiger partial charge in [-0.25, -0.2) is 0 Å². The molecule has 3 rings (SSSR count). The number of halogens is 1. The second-order valence-electron chi connectivity index (χ2n) is 4.80. The van der Waals surface area contributed by atoms with E-state index < -0.39 is 0 Å². The van der Waals surface area contributed by atoms with Crippen LogP contribution in [0.25, 0.3) is 0 Å². The van der Waals surface area contributed by atoms with Crippen LogP contribution in [0.2, 0.25) is 0 Å². The van der Waals surface area contributed by atoms with Gasteiger partial charge in [-0.05, 0) is 53.5 Å². The van der Waals surface area contributed by atoms with Crippen molar-refractivity contribution in [3.63, 3.8) is 0 Å². The van der Waals surface area contributed by atoms with Crippen LogP contribution in [0, 0.1) is 0 Å². The minimum Gasteiger partial charge on any atom is -0.316 e. The maximum absolute atomic E-state index is 3.54. The third-order valence-corrected chi connectivity index (χ3v) is 6.70. The Morgan fingerprint density at radius 3 is 2.95 bits per heavy atom. The van der Waals surface area contributed by atoms with Crippen LogP contribution in [0.1, 0.15) is 10.4 Å². The Bertz CT molecular complexity index is 542. The second kappa shape index (κ2) is 6.00. The molecule has 1 N–H and O–H groups in total. The molecule has 2 aromatic rings. The highest BCUT2D eigenvalue weighted by Gasteiger charge is 2.28. The van der Waals surface area contributed by atoms with Gasteiger partial charge in [0.05, 0.1) is 0 Å². The molecule has 100 valence electrons. The molecular formula is C15H16BrNS2. The van der Waals surface area contributed by atoms with Crippen molar-refractivity contribution >= 4 is 39.0 Å². The molecule has 1 nitrogen and oxygen atoms in total. The predicted octanol–water partition coefficient (Wildman–Crippen LogP) is 4.36. The van der Waals surface area contributed by atoms with E-state index in [1.807, 2.05) is 23.1 Å². The first-order chi connectivity index (χ1) is 9.26. The zero-order chi connectivity index (χ0) is 13.2. The third-order valence-electron chi connectivity index (χ3n) is 3.53. The lowest BCUT2D eigenvalue weighted by Gasteiger charge is -2.21. The number of fused-ring (bicyclic) bond motifs is 1. The van der Waals surface area contributed by atoms with E-state index in [0.717, 1.165) is 6.42 Å². The molecule has 19 heavy (non-hydrogen) atoms. The molecule has 1 aliphatic heterocycles. The summed E-state index contributed by atoms with van der Waals surface area (Å²) in [5.41, 5.74) is 1.50. The Morgan fingerprint density at radius 2 is 2.26 bits per heavy atom. The second-order valence-corrected chi connectivity index (χ2v) is 7.99. The molecule has 2 atom stereocenters. The Hall–Kier alpha value is -0.290. The van der Waals surface area contributed by atoms with Crippen molar-refractivity contribution in [2.24, 2.45) is 0 Å². The Balaban J connectivity index is 1.71. The first-order valence-corrected chi connectivity index (χ1v) is 8.96. The van der Waals surface area contributed by atoms with Gasteiger partial charge in [-0.15, -0.1) is 23.1 Å². The van der Waals surface area contributed by atoms with E-state index in [4.69, 9.17) is 0 Å². The van der Waals surface area contributed by atoms with E-state index in [1.165, 1.54) is 26.2 Å². The molecule has 1 aromatic heterocycles. The lowest BCUT2D eigenvalue weighted by Crippen LogP contribution is -2.37. The predicted molar refractivity (Wildman–Crippen MR) is 88.4 cm³/mol. The number of hydrogen-bond acceptors (Lipinski definition) is 3. The fraction of sp³-hybridized carbons (Fsp3) is 0.333. The largest absolute Gasteiger partial charge is 0.316 e. The molecule has 2 heterocycles. The van der Waals surface area contributed by atoms with E-state index in [2.05, 4.69) is 64.0 Å². The minimum atomic E-state index is 0.531. The molecular weight excluding hydrogens is 338 g/mol. The summed E-state index contributed by atoms with van der Waals surface area (Å²) < 4.78 is 1.20. The lowest BCUT2D eigenvalue weighted by atomic mass is 10.0. The number of thioether (sulfide) groups is 1. The molecule has 0 saturated carbocycles. The molecule has 0 saturated heterocycles. The number of rotatable bonds is 4. The average Bonchev–Trinajstić information content (AvgIpc) is 3.01. The van der Waals surface area contributed by atoms with Crippen LogP contribution in [-0.2, 0) is 12.8 Å². The van der Waals surface area contributed by atoms with Crippen LogP contribution in [0.5, 0.6) is 0 Å². The van der Waals surface area contributed by atoms with Gasteiger partial charge < -0.3 is 5.32 Å². The molecule has 0 fully saturated rings. The maximum atomic E-state index is 3.54. The summed E-state index contributed by atoms with van der Waals surface area (Å²) in [7, 11) is 2.08. The number of benzene rings is 1. The minimum absolute atomic E-state index is 0.531. The summed E-state index contributed by atoms with van der Waals surface area (Å²) in [6.45, 7) is 0. The van der Waals surface area contributed by atoms with Crippen LogP contribution in [0.15, 0.2) is 45.1 Å². The van der Waals surface area contributed by atoms with Crippen molar-refractivity contribution in [1.29, 1.82) is 0 Å². The molecule has 0 radical (unpaired) electrons. The zero-order valence-electron chi connectivity index (χ0n) is 10.7. The van der Waals surface area contributed by atoms with Gasteiger partial charge in [0.2, 0.25) is 0 Å². The quantitative estimate of drug-likeness (QED) is 0.876. The van der Waals surface area contributed by atoms with Crippen molar-refractivity contribution in [3.05, 3.63) is 50.6 Å². The molecule has 0 bridgehead atoms. The molecule has 0 aliphatic carbocycles. The van der Waals surface area contributed by atoms with Gasteiger partial charge in [0.1, 0.15) is 0 Å². The van der Waals surface area contributed by atoms with Crippen molar-refractivity contribution in [1.82, 2.24) is 5.32 Å². The standard InChI is InChI=1S/C15H16BrNS2/c1-17-13(8-12-7-11(16)9-18-12)15-6-10-4-2-3-5-14(10)19-15/h2-5,7,9,13,15,17H,6,8H2,1H3. The van der Waals surface area contributed by atoms with Crippen molar-refractivity contribution in [2.75, 3.05) is 7.05 Å². The molecule has 0 spiro atoms. The molecule has 0 amide bonds.